The lowest BCUT2D eigenvalue weighted by atomic mass is 9.74. The first kappa shape index (κ1) is 22.5. The topological polar surface area (TPSA) is 64.0 Å². The number of carbonyl (C=O) groups is 1. The second-order valence-electron chi connectivity index (χ2n) is 8.61. The van der Waals surface area contributed by atoms with Crippen molar-refractivity contribution in [1.29, 1.82) is 0 Å². The highest BCUT2D eigenvalue weighted by molar-refractivity contribution is 5.94. The molecule has 5 nitrogen and oxygen atoms in total. The summed E-state index contributed by atoms with van der Waals surface area (Å²) in [6.07, 6.45) is 1.18. The van der Waals surface area contributed by atoms with Gasteiger partial charge in [-0.15, -0.1) is 0 Å². The molecule has 2 aromatic rings. The molecule has 168 valence electrons. The summed E-state index contributed by atoms with van der Waals surface area (Å²) in [7, 11) is 0. The second-order valence-corrected chi connectivity index (χ2v) is 8.61. The van der Waals surface area contributed by atoms with E-state index in [1.807, 2.05) is 29.2 Å². The summed E-state index contributed by atoms with van der Waals surface area (Å²) in [5.41, 5.74) is 2.44. The standard InChI is InChI=1S/C26H29FN2O3/c1-18(31)4-5-19-6-8-20(9-7-19)25-23-16-28(14-2-3-15-29(23)24(25)17-30)26(32)21-10-12-22(27)13-11-21/h6-13,18,23-25,30-31H,2-3,14-17H2,1H3/t18-,23-,24-,25+/m1/s1. The fourth-order valence-electron chi connectivity index (χ4n) is 4.88. The monoisotopic (exact) mass is 436 g/mol. The van der Waals surface area contributed by atoms with Gasteiger partial charge in [-0.2, -0.15) is 0 Å². The third-order valence-electron chi connectivity index (χ3n) is 6.47. The third kappa shape index (κ3) is 4.71. The Balaban J connectivity index is 1.55. The van der Waals surface area contributed by atoms with Crippen molar-refractivity contribution in [2.45, 2.75) is 43.9 Å². The van der Waals surface area contributed by atoms with Gasteiger partial charge in [-0.3, -0.25) is 9.69 Å². The number of hydrogen-bond donors (Lipinski definition) is 2. The molecule has 0 spiro atoms. The van der Waals surface area contributed by atoms with Gasteiger partial charge in [0.05, 0.1) is 6.61 Å². The molecule has 6 heteroatoms. The molecule has 2 aliphatic heterocycles. The van der Waals surface area contributed by atoms with Gasteiger partial charge in [0.2, 0.25) is 0 Å². The van der Waals surface area contributed by atoms with Gasteiger partial charge < -0.3 is 15.1 Å². The van der Waals surface area contributed by atoms with Gasteiger partial charge in [-0.25, -0.2) is 4.39 Å². The number of amides is 1. The van der Waals surface area contributed by atoms with E-state index in [1.54, 1.807) is 6.92 Å². The van der Waals surface area contributed by atoms with E-state index in [0.29, 0.717) is 18.7 Å². The smallest absolute Gasteiger partial charge is 0.253 e. The van der Waals surface area contributed by atoms with Crippen LogP contribution in [0.1, 0.15) is 47.2 Å². The van der Waals surface area contributed by atoms with Crippen molar-refractivity contribution >= 4 is 5.91 Å². The van der Waals surface area contributed by atoms with Crippen molar-refractivity contribution in [1.82, 2.24) is 9.80 Å². The molecule has 2 aromatic carbocycles. The van der Waals surface area contributed by atoms with Crippen molar-refractivity contribution in [3.8, 4) is 11.8 Å². The van der Waals surface area contributed by atoms with E-state index in [1.165, 1.54) is 24.3 Å². The molecule has 0 unspecified atom stereocenters. The summed E-state index contributed by atoms with van der Waals surface area (Å²) in [5.74, 6) is 5.37. The highest BCUT2D eigenvalue weighted by atomic mass is 19.1. The summed E-state index contributed by atoms with van der Waals surface area (Å²) in [6, 6.07) is 13.8. The molecule has 0 bridgehead atoms. The summed E-state index contributed by atoms with van der Waals surface area (Å²) >= 11 is 0. The average molecular weight is 437 g/mol. The van der Waals surface area contributed by atoms with Gasteiger partial charge in [-0.1, -0.05) is 24.0 Å². The van der Waals surface area contributed by atoms with E-state index in [2.05, 4.69) is 16.7 Å². The maximum atomic E-state index is 13.3. The van der Waals surface area contributed by atoms with Gasteiger partial charge in [0.25, 0.3) is 5.91 Å². The lowest BCUT2D eigenvalue weighted by Gasteiger charge is -2.57. The molecule has 0 aromatic heterocycles. The van der Waals surface area contributed by atoms with E-state index in [4.69, 9.17) is 0 Å². The fraction of sp³-hybridized carbons (Fsp3) is 0.423. The Labute approximate surface area is 188 Å². The Kier molecular flexibility index (Phi) is 6.90. The Morgan fingerprint density at radius 3 is 2.47 bits per heavy atom. The van der Waals surface area contributed by atoms with Crippen LogP contribution >= 0.6 is 0 Å². The fourth-order valence-corrected chi connectivity index (χ4v) is 4.88. The Hall–Kier alpha value is -2.72. The number of fused-ring (bicyclic) bond motifs is 1. The normalized spacial score (nSPS) is 24.2. The number of aliphatic hydroxyl groups is 2. The van der Waals surface area contributed by atoms with Crippen LogP contribution in [0, 0.1) is 17.7 Å². The van der Waals surface area contributed by atoms with Crippen molar-refractivity contribution < 1.29 is 19.4 Å². The number of benzene rings is 2. The van der Waals surface area contributed by atoms with Crippen LogP contribution in [-0.2, 0) is 0 Å². The number of halogens is 1. The summed E-state index contributed by atoms with van der Waals surface area (Å²) in [5, 5.41) is 19.4. The molecular weight excluding hydrogens is 407 g/mol. The van der Waals surface area contributed by atoms with E-state index >= 15 is 0 Å². The zero-order valence-electron chi connectivity index (χ0n) is 18.2. The van der Waals surface area contributed by atoms with Crippen LogP contribution in [0.3, 0.4) is 0 Å². The SMILES string of the molecule is C[C@@H](O)C#Cc1ccc([C@@H]2[C@@H](CO)N3CCCCN(C(=O)c4ccc(F)cc4)C[C@H]23)cc1. The van der Waals surface area contributed by atoms with Gasteiger partial charge in [0, 0.05) is 42.2 Å². The summed E-state index contributed by atoms with van der Waals surface area (Å²) in [6.45, 7) is 3.84. The number of hydrogen-bond acceptors (Lipinski definition) is 4. The molecule has 4 atom stereocenters. The lowest BCUT2D eigenvalue weighted by Crippen LogP contribution is -2.67. The first-order valence-electron chi connectivity index (χ1n) is 11.2. The summed E-state index contributed by atoms with van der Waals surface area (Å²) < 4.78 is 13.3. The van der Waals surface area contributed by atoms with Crippen molar-refractivity contribution in [2.75, 3.05) is 26.2 Å². The van der Waals surface area contributed by atoms with Gasteiger partial charge in [-0.05, 0) is 68.3 Å². The summed E-state index contributed by atoms with van der Waals surface area (Å²) in [4.78, 5) is 17.3. The van der Waals surface area contributed by atoms with Crippen LogP contribution in [0.25, 0.3) is 0 Å². The van der Waals surface area contributed by atoms with Crippen LogP contribution in [-0.4, -0.2) is 70.3 Å². The molecule has 2 saturated heterocycles. The number of nitrogens with zero attached hydrogens (tertiary/aromatic N) is 2. The van der Waals surface area contributed by atoms with Crippen LogP contribution in [0.4, 0.5) is 4.39 Å². The number of rotatable bonds is 3. The molecule has 1 amide bonds. The molecule has 0 aliphatic carbocycles. The van der Waals surface area contributed by atoms with Gasteiger partial charge >= 0.3 is 0 Å². The molecule has 32 heavy (non-hydrogen) atoms. The second kappa shape index (κ2) is 9.83. The van der Waals surface area contributed by atoms with Crippen LogP contribution < -0.4 is 0 Å². The molecule has 2 heterocycles. The van der Waals surface area contributed by atoms with E-state index in [9.17, 15) is 19.4 Å². The molecule has 0 radical (unpaired) electrons. The minimum Gasteiger partial charge on any atom is -0.395 e. The zero-order chi connectivity index (χ0) is 22.7. The molecule has 2 fully saturated rings. The molecule has 2 N–H and O–H groups in total. The van der Waals surface area contributed by atoms with Crippen molar-refractivity contribution in [2.24, 2.45) is 0 Å². The Morgan fingerprint density at radius 2 is 1.81 bits per heavy atom. The zero-order valence-corrected chi connectivity index (χ0v) is 18.2. The molecular formula is C26H29FN2O3. The van der Waals surface area contributed by atoms with Gasteiger partial charge in [0.1, 0.15) is 11.9 Å². The lowest BCUT2D eigenvalue weighted by molar-refractivity contribution is -0.0606. The maximum absolute atomic E-state index is 13.3. The average Bonchev–Trinajstić information content (AvgIpc) is 2.77. The highest BCUT2D eigenvalue weighted by Gasteiger charge is 2.49. The van der Waals surface area contributed by atoms with Crippen molar-refractivity contribution in [3.05, 3.63) is 71.0 Å². The maximum Gasteiger partial charge on any atom is 0.253 e. The molecule has 0 saturated carbocycles. The number of aliphatic hydroxyl groups excluding tert-OH is 2. The first-order chi connectivity index (χ1) is 15.5. The predicted molar refractivity (Wildman–Crippen MR) is 121 cm³/mol. The van der Waals surface area contributed by atoms with Gasteiger partial charge in [0.15, 0.2) is 0 Å². The van der Waals surface area contributed by atoms with Crippen molar-refractivity contribution in [3.63, 3.8) is 0 Å². The quantitative estimate of drug-likeness (QED) is 0.727. The molecule has 4 rings (SSSR count). The first-order valence-corrected chi connectivity index (χ1v) is 11.2. The Morgan fingerprint density at radius 1 is 1.12 bits per heavy atom. The third-order valence-corrected chi connectivity index (χ3v) is 6.47. The number of carbonyl (C=O) groups excluding carboxylic acids is 1. The minimum atomic E-state index is -0.673. The highest BCUT2D eigenvalue weighted by Crippen LogP contribution is 2.42. The van der Waals surface area contributed by atoms with Crippen LogP contribution in [0.5, 0.6) is 0 Å². The molecule has 2 aliphatic rings. The largest absolute Gasteiger partial charge is 0.395 e. The Bertz CT molecular complexity index is 994. The minimum absolute atomic E-state index is 0.0234. The predicted octanol–water partition coefficient (Wildman–Crippen LogP) is 2.62. The van der Waals surface area contributed by atoms with Crippen LogP contribution in [0.2, 0.25) is 0 Å². The van der Waals surface area contributed by atoms with E-state index in [-0.39, 0.29) is 36.3 Å². The van der Waals surface area contributed by atoms with Crippen LogP contribution in [0.15, 0.2) is 48.5 Å². The van der Waals surface area contributed by atoms with E-state index in [0.717, 1.165) is 30.5 Å². The van der Waals surface area contributed by atoms with E-state index < -0.39 is 6.10 Å².